The minimum Gasteiger partial charge on any atom is -0.390 e. The molecule has 96 valence electrons. The number of hydrogen-bond acceptors (Lipinski definition) is 4. The molecule has 0 radical (unpaired) electrons. The SMILES string of the molecule is CC.OC1CN(CCCN2CCNCC2)C1. The van der Waals surface area contributed by atoms with Crippen molar-refractivity contribution in [2.45, 2.75) is 26.4 Å². The molecule has 2 aliphatic rings. The molecule has 0 amide bonds. The number of aliphatic hydroxyl groups excluding tert-OH is 1. The van der Waals surface area contributed by atoms with Gasteiger partial charge in [-0.1, -0.05) is 13.8 Å². The Morgan fingerprint density at radius 3 is 2.19 bits per heavy atom. The molecule has 2 saturated heterocycles. The molecule has 2 N–H and O–H groups in total. The first-order valence-electron chi connectivity index (χ1n) is 6.68. The molecule has 0 aromatic heterocycles. The highest BCUT2D eigenvalue weighted by Gasteiger charge is 2.23. The van der Waals surface area contributed by atoms with Gasteiger partial charge in [0.2, 0.25) is 0 Å². The summed E-state index contributed by atoms with van der Waals surface area (Å²) in [5.74, 6) is 0. The number of nitrogens with zero attached hydrogens (tertiary/aromatic N) is 2. The van der Waals surface area contributed by atoms with E-state index in [0.29, 0.717) is 0 Å². The van der Waals surface area contributed by atoms with Crippen LogP contribution in [0, 0.1) is 0 Å². The lowest BCUT2D eigenvalue weighted by atomic mass is 10.1. The maximum absolute atomic E-state index is 9.11. The zero-order valence-electron chi connectivity index (χ0n) is 10.8. The highest BCUT2D eigenvalue weighted by atomic mass is 16.3. The van der Waals surface area contributed by atoms with Gasteiger partial charge in [0.1, 0.15) is 0 Å². The van der Waals surface area contributed by atoms with Gasteiger partial charge in [-0.15, -0.1) is 0 Å². The van der Waals surface area contributed by atoms with Crippen molar-refractivity contribution in [3.05, 3.63) is 0 Å². The van der Waals surface area contributed by atoms with Crippen molar-refractivity contribution >= 4 is 0 Å². The number of aliphatic hydroxyl groups is 1. The number of hydrogen-bond donors (Lipinski definition) is 2. The van der Waals surface area contributed by atoms with Crippen LogP contribution in [0.4, 0.5) is 0 Å². The van der Waals surface area contributed by atoms with Gasteiger partial charge in [-0.3, -0.25) is 4.90 Å². The Hall–Kier alpha value is -0.160. The van der Waals surface area contributed by atoms with Crippen LogP contribution in [-0.4, -0.2) is 73.4 Å². The van der Waals surface area contributed by atoms with Gasteiger partial charge < -0.3 is 15.3 Å². The topological polar surface area (TPSA) is 38.7 Å². The molecule has 4 heteroatoms. The van der Waals surface area contributed by atoms with Crippen LogP contribution in [-0.2, 0) is 0 Å². The largest absolute Gasteiger partial charge is 0.390 e. The number of piperazine rings is 1. The average molecular weight is 229 g/mol. The summed E-state index contributed by atoms with van der Waals surface area (Å²) in [6.45, 7) is 12.8. The minimum absolute atomic E-state index is 0.0470. The molecule has 0 saturated carbocycles. The van der Waals surface area contributed by atoms with Crippen LogP contribution >= 0.6 is 0 Å². The second kappa shape index (κ2) is 8.01. The molecular weight excluding hydrogens is 202 g/mol. The van der Waals surface area contributed by atoms with Crippen LogP contribution in [0.15, 0.2) is 0 Å². The Balaban J connectivity index is 0.000000606. The molecule has 16 heavy (non-hydrogen) atoms. The lowest BCUT2D eigenvalue weighted by Gasteiger charge is -2.36. The van der Waals surface area contributed by atoms with Crippen molar-refractivity contribution in [1.29, 1.82) is 0 Å². The summed E-state index contributed by atoms with van der Waals surface area (Å²) in [4.78, 5) is 4.85. The molecule has 0 aromatic rings. The molecule has 0 aliphatic carbocycles. The summed E-state index contributed by atoms with van der Waals surface area (Å²) in [7, 11) is 0. The molecule has 2 rings (SSSR count). The Bertz CT molecular complexity index is 166. The zero-order valence-corrected chi connectivity index (χ0v) is 10.8. The van der Waals surface area contributed by atoms with Crippen LogP contribution < -0.4 is 5.32 Å². The predicted octanol–water partition coefficient (Wildman–Crippen LogP) is -0.0156. The average Bonchev–Trinajstić information content (AvgIpc) is 2.31. The summed E-state index contributed by atoms with van der Waals surface area (Å²) >= 11 is 0. The van der Waals surface area contributed by atoms with E-state index < -0.39 is 0 Å². The molecule has 0 spiro atoms. The first-order valence-corrected chi connectivity index (χ1v) is 6.68. The van der Waals surface area contributed by atoms with Gasteiger partial charge in [-0.2, -0.15) is 0 Å². The predicted molar refractivity (Wildman–Crippen MR) is 67.7 cm³/mol. The van der Waals surface area contributed by atoms with Crippen LogP contribution in [0.25, 0.3) is 0 Å². The third-order valence-corrected chi connectivity index (χ3v) is 3.10. The highest BCUT2D eigenvalue weighted by Crippen LogP contribution is 2.07. The van der Waals surface area contributed by atoms with E-state index in [9.17, 15) is 0 Å². The van der Waals surface area contributed by atoms with Gasteiger partial charge in [-0.25, -0.2) is 0 Å². The van der Waals surface area contributed by atoms with E-state index in [1.54, 1.807) is 0 Å². The third kappa shape index (κ3) is 4.78. The van der Waals surface area contributed by atoms with Crippen molar-refractivity contribution in [2.75, 3.05) is 52.4 Å². The van der Waals surface area contributed by atoms with E-state index in [-0.39, 0.29) is 6.10 Å². The van der Waals surface area contributed by atoms with Crippen LogP contribution in [0.1, 0.15) is 20.3 Å². The molecule has 2 heterocycles. The highest BCUT2D eigenvalue weighted by molar-refractivity contribution is 4.78. The quantitative estimate of drug-likeness (QED) is 0.711. The Labute approximate surface area is 99.6 Å². The summed E-state index contributed by atoms with van der Waals surface area (Å²) in [6, 6.07) is 0. The fourth-order valence-corrected chi connectivity index (χ4v) is 2.18. The van der Waals surface area contributed by atoms with Crippen molar-refractivity contribution in [1.82, 2.24) is 15.1 Å². The smallest absolute Gasteiger partial charge is 0.0793 e. The van der Waals surface area contributed by atoms with Crippen LogP contribution in [0.5, 0.6) is 0 Å². The number of nitrogens with one attached hydrogen (secondary N) is 1. The second-order valence-electron chi connectivity index (χ2n) is 4.36. The van der Waals surface area contributed by atoms with Crippen molar-refractivity contribution in [3.8, 4) is 0 Å². The van der Waals surface area contributed by atoms with Gasteiger partial charge in [0.15, 0.2) is 0 Å². The van der Waals surface area contributed by atoms with E-state index in [0.717, 1.165) is 32.7 Å². The maximum atomic E-state index is 9.11. The third-order valence-electron chi connectivity index (χ3n) is 3.10. The number of β-amino-alcohol motifs (C(OH)–C–C–N with tert-alkyl or cyclic N) is 1. The molecule has 4 nitrogen and oxygen atoms in total. The molecule has 2 fully saturated rings. The zero-order chi connectivity index (χ0) is 11.8. The fraction of sp³-hybridized carbons (Fsp3) is 1.00. The Morgan fingerprint density at radius 1 is 1.06 bits per heavy atom. The van der Waals surface area contributed by atoms with E-state index in [2.05, 4.69) is 15.1 Å². The van der Waals surface area contributed by atoms with Gasteiger partial charge in [-0.05, 0) is 19.5 Å². The minimum atomic E-state index is -0.0470. The molecule has 0 atom stereocenters. The lowest BCUT2D eigenvalue weighted by molar-refractivity contribution is 0.000325. The van der Waals surface area contributed by atoms with Gasteiger partial charge in [0.25, 0.3) is 0 Å². The lowest BCUT2D eigenvalue weighted by Crippen LogP contribution is -2.51. The summed E-state index contributed by atoms with van der Waals surface area (Å²) in [5.41, 5.74) is 0. The molecular formula is C12H27N3O. The molecule has 0 unspecified atom stereocenters. The van der Waals surface area contributed by atoms with E-state index in [4.69, 9.17) is 5.11 Å². The Kier molecular flexibility index (Phi) is 6.96. The number of rotatable bonds is 4. The van der Waals surface area contributed by atoms with E-state index in [1.165, 1.54) is 26.1 Å². The maximum Gasteiger partial charge on any atom is 0.0793 e. The van der Waals surface area contributed by atoms with Crippen molar-refractivity contribution in [2.24, 2.45) is 0 Å². The van der Waals surface area contributed by atoms with E-state index in [1.807, 2.05) is 13.8 Å². The first-order chi connectivity index (χ1) is 7.84. The van der Waals surface area contributed by atoms with Crippen molar-refractivity contribution in [3.63, 3.8) is 0 Å². The monoisotopic (exact) mass is 229 g/mol. The van der Waals surface area contributed by atoms with Gasteiger partial charge in [0.05, 0.1) is 6.10 Å². The van der Waals surface area contributed by atoms with Gasteiger partial charge in [0, 0.05) is 39.3 Å². The molecule has 2 aliphatic heterocycles. The van der Waals surface area contributed by atoms with Crippen LogP contribution in [0.2, 0.25) is 0 Å². The van der Waals surface area contributed by atoms with Gasteiger partial charge >= 0.3 is 0 Å². The summed E-state index contributed by atoms with van der Waals surface area (Å²) < 4.78 is 0. The van der Waals surface area contributed by atoms with Crippen LogP contribution in [0.3, 0.4) is 0 Å². The first kappa shape index (κ1) is 13.9. The Morgan fingerprint density at radius 2 is 1.62 bits per heavy atom. The molecule has 0 bridgehead atoms. The number of likely N-dealkylation sites (tertiary alicyclic amines) is 1. The van der Waals surface area contributed by atoms with Crippen molar-refractivity contribution < 1.29 is 5.11 Å². The molecule has 0 aromatic carbocycles. The summed E-state index contributed by atoms with van der Waals surface area (Å²) in [6.07, 6.45) is 1.20. The summed E-state index contributed by atoms with van der Waals surface area (Å²) in [5, 5.41) is 12.5. The van der Waals surface area contributed by atoms with E-state index >= 15 is 0 Å². The second-order valence-corrected chi connectivity index (χ2v) is 4.36. The fourth-order valence-electron chi connectivity index (χ4n) is 2.18. The normalized spacial score (nSPS) is 23.4. The standard InChI is InChI=1S/C10H21N3O.C2H6/c14-10-8-13(9-10)5-1-4-12-6-2-11-3-7-12;1-2/h10-11,14H,1-9H2;1-2H3.